The van der Waals surface area contributed by atoms with Crippen LogP contribution < -0.4 is 11.1 Å². The highest BCUT2D eigenvalue weighted by Crippen LogP contribution is 2.44. The molecule has 53 heavy (non-hydrogen) atoms. The van der Waals surface area contributed by atoms with Crippen LogP contribution in [0.1, 0.15) is 20.7 Å². The van der Waals surface area contributed by atoms with E-state index in [9.17, 15) is 45.7 Å². The minimum Gasteiger partial charge on any atom is -0.505 e. The number of hydrogen-bond acceptors (Lipinski definition) is 13. The molecule has 0 aliphatic carbocycles. The number of carboxylic acids is 2. The predicted octanol–water partition coefficient (Wildman–Crippen LogP) is 7.75. The third-order valence-corrected chi connectivity index (χ3v) is 9.51. The Balaban J connectivity index is 1.45. The number of nitrogen functional groups attached to an aromatic ring is 1. The van der Waals surface area contributed by atoms with Gasteiger partial charge in [0.15, 0.2) is 5.75 Å². The van der Waals surface area contributed by atoms with E-state index in [0.717, 1.165) is 18.2 Å². The molecule has 0 atom stereocenters. The summed E-state index contributed by atoms with van der Waals surface area (Å²) in [6.45, 7) is 0. The summed E-state index contributed by atoms with van der Waals surface area (Å²) in [5, 5.41) is 49.6. The van der Waals surface area contributed by atoms with Crippen molar-refractivity contribution in [2.45, 2.75) is 9.79 Å². The lowest BCUT2D eigenvalue weighted by molar-refractivity contribution is 0.0686. The molecule has 8 N–H and O–H groups in total. The number of nitrogens with two attached hydrogens (primary N) is 1. The number of aromatic hydroxyl groups is 1. The van der Waals surface area contributed by atoms with Gasteiger partial charge in [-0.05, 0) is 90.3 Å². The first-order valence-electron chi connectivity index (χ1n) is 14.9. The van der Waals surface area contributed by atoms with Gasteiger partial charge in [-0.15, -0.1) is 15.3 Å². The Hall–Kier alpha value is -6.80. The number of carboxylic acid groups (broad SMARTS) is 2. The van der Waals surface area contributed by atoms with Gasteiger partial charge in [0.2, 0.25) is 0 Å². The number of anilines is 3. The highest BCUT2D eigenvalue weighted by atomic mass is 32.2. The molecule has 0 radical (unpaired) electrons. The molecule has 0 saturated carbocycles. The van der Waals surface area contributed by atoms with Gasteiger partial charge < -0.3 is 26.4 Å². The maximum atomic E-state index is 12.5. The number of nitrogens with zero attached hydrogens (tertiary/aromatic N) is 4. The quantitative estimate of drug-likeness (QED) is 0.0400. The summed E-state index contributed by atoms with van der Waals surface area (Å²) in [5.74, 6) is -3.08. The molecule has 0 bridgehead atoms. The van der Waals surface area contributed by atoms with Gasteiger partial charge in [0.05, 0.1) is 33.1 Å². The number of nitrogens with one attached hydrogen (secondary N) is 1. The molecular weight excluding hydrogens is 733 g/mol. The van der Waals surface area contributed by atoms with E-state index in [-0.39, 0.29) is 55.4 Å². The van der Waals surface area contributed by atoms with Gasteiger partial charge >= 0.3 is 11.9 Å². The van der Waals surface area contributed by atoms with Crippen molar-refractivity contribution < 1.29 is 50.8 Å². The summed E-state index contributed by atoms with van der Waals surface area (Å²) in [6.07, 6.45) is 0. The topological polar surface area (TPSA) is 291 Å². The first-order valence-corrected chi connectivity index (χ1v) is 17.8. The fourth-order valence-corrected chi connectivity index (χ4v) is 6.38. The van der Waals surface area contributed by atoms with Gasteiger partial charge in [-0.2, -0.15) is 21.9 Å². The SMILES string of the molecule is Nc1ccc(N=Nc2ccc(N=Nc3c(S(=O)(=O)O)cc4ccc(Nc5ccc(C(=O)O)cc5)cc4c3O)c3cc(S(=O)(=O)O)ccc23)cc1C(=O)O. The van der Waals surface area contributed by atoms with Gasteiger partial charge in [0.1, 0.15) is 10.6 Å². The number of aromatic carboxylic acids is 2. The van der Waals surface area contributed by atoms with Gasteiger partial charge in [-0.25, -0.2) is 9.59 Å². The second-order valence-corrected chi connectivity index (χ2v) is 14.1. The lowest BCUT2D eigenvalue weighted by Crippen LogP contribution is -2.01. The van der Waals surface area contributed by atoms with Crippen LogP contribution in [0.25, 0.3) is 21.5 Å². The molecule has 0 heterocycles. The monoisotopic (exact) mass is 756 g/mol. The van der Waals surface area contributed by atoms with Crippen LogP contribution in [0.2, 0.25) is 0 Å². The molecule has 268 valence electrons. The van der Waals surface area contributed by atoms with Gasteiger partial charge in [0, 0.05) is 33.2 Å². The standard InChI is InChI=1S/C34H24N6O11S2/c35-27-10-7-21(15-26(27)34(44)45)37-38-28-11-12-29(25-16-22(52(46,47)48)8-9-23(25)28)39-40-31-30(53(49,50)51)13-18-3-6-20(14-24(18)32(31)41)36-19-4-1-17(2-5-19)33(42)43/h1-16,36,41H,35H2,(H,42,43)(H,44,45)(H,46,47,48)(H,49,50,51). The summed E-state index contributed by atoms with van der Waals surface area (Å²) in [5.41, 5.74) is 5.98. The number of phenolic OH excluding ortho intramolecular Hbond substituents is 1. The Morgan fingerprint density at radius 3 is 1.92 bits per heavy atom. The van der Waals surface area contributed by atoms with Crippen LogP contribution in [0, 0.1) is 0 Å². The van der Waals surface area contributed by atoms with Crippen LogP contribution in [-0.4, -0.2) is 53.2 Å². The number of fused-ring (bicyclic) bond motifs is 2. The normalized spacial score (nSPS) is 12.2. The summed E-state index contributed by atoms with van der Waals surface area (Å²) < 4.78 is 68.8. The lowest BCUT2D eigenvalue weighted by atomic mass is 10.1. The molecule has 0 unspecified atom stereocenters. The van der Waals surface area contributed by atoms with Crippen LogP contribution in [0.15, 0.2) is 127 Å². The highest BCUT2D eigenvalue weighted by molar-refractivity contribution is 7.86. The van der Waals surface area contributed by atoms with E-state index in [2.05, 4.69) is 25.8 Å². The Kier molecular flexibility index (Phi) is 9.33. The van der Waals surface area contributed by atoms with Crippen molar-refractivity contribution in [2.24, 2.45) is 20.5 Å². The average Bonchev–Trinajstić information content (AvgIpc) is 3.10. The van der Waals surface area contributed by atoms with Crippen molar-refractivity contribution in [1.29, 1.82) is 0 Å². The van der Waals surface area contributed by atoms with E-state index in [1.165, 1.54) is 72.8 Å². The molecule has 0 amide bonds. The molecule has 0 saturated heterocycles. The molecular formula is C34H24N6O11S2. The summed E-state index contributed by atoms with van der Waals surface area (Å²) >= 11 is 0. The fourth-order valence-electron chi connectivity index (χ4n) is 5.21. The van der Waals surface area contributed by atoms with Gasteiger partial charge in [-0.1, -0.05) is 12.1 Å². The van der Waals surface area contributed by atoms with Gasteiger partial charge in [0.25, 0.3) is 20.2 Å². The minimum absolute atomic E-state index is 0.00544. The Morgan fingerprint density at radius 2 is 1.28 bits per heavy atom. The molecule has 17 nitrogen and oxygen atoms in total. The van der Waals surface area contributed by atoms with Crippen molar-refractivity contribution in [3.05, 3.63) is 108 Å². The van der Waals surface area contributed by atoms with E-state index in [1.54, 1.807) is 6.07 Å². The van der Waals surface area contributed by atoms with Crippen LogP contribution in [0.5, 0.6) is 5.75 Å². The van der Waals surface area contributed by atoms with E-state index in [4.69, 9.17) is 10.8 Å². The van der Waals surface area contributed by atoms with Crippen molar-refractivity contribution in [2.75, 3.05) is 11.1 Å². The lowest BCUT2D eigenvalue weighted by Gasteiger charge is -2.12. The van der Waals surface area contributed by atoms with Gasteiger partial charge in [-0.3, -0.25) is 9.11 Å². The highest BCUT2D eigenvalue weighted by Gasteiger charge is 2.23. The maximum absolute atomic E-state index is 12.5. The summed E-state index contributed by atoms with van der Waals surface area (Å²) in [6, 6.07) is 21.4. The first kappa shape index (κ1) is 36.0. The van der Waals surface area contributed by atoms with Crippen molar-refractivity contribution in [3.63, 3.8) is 0 Å². The number of azo groups is 2. The zero-order valence-electron chi connectivity index (χ0n) is 26.6. The smallest absolute Gasteiger partial charge is 0.337 e. The number of rotatable bonds is 10. The predicted molar refractivity (Wildman–Crippen MR) is 192 cm³/mol. The summed E-state index contributed by atoms with van der Waals surface area (Å²) in [7, 11) is -9.73. The number of hydrogen-bond donors (Lipinski definition) is 7. The zero-order valence-corrected chi connectivity index (χ0v) is 28.2. The third-order valence-electron chi connectivity index (χ3n) is 7.79. The van der Waals surface area contributed by atoms with Crippen LogP contribution >= 0.6 is 0 Å². The Labute approximate surface area is 298 Å². The second-order valence-electron chi connectivity index (χ2n) is 11.3. The molecule has 0 spiro atoms. The maximum Gasteiger partial charge on any atom is 0.337 e. The summed E-state index contributed by atoms with van der Waals surface area (Å²) in [4.78, 5) is 21.3. The van der Waals surface area contributed by atoms with E-state index in [1.807, 2.05) is 0 Å². The number of benzene rings is 6. The van der Waals surface area contributed by atoms with Crippen LogP contribution in [0.3, 0.4) is 0 Å². The molecule has 0 fully saturated rings. The number of phenols is 1. The third kappa shape index (κ3) is 7.62. The zero-order chi connectivity index (χ0) is 38.2. The Bertz CT molecular complexity index is 2790. The molecule has 0 aromatic heterocycles. The van der Waals surface area contributed by atoms with Crippen LogP contribution in [0.4, 0.5) is 39.8 Å². The van der Waals surface area contributed by atoms with Crippen molar-refractivity contribution in [1.82, 2.24) is 0 Å². The molecule has 6 aromatic rings. The van der Waals surface area contributed by atoms with Crippen molar-refractivity contribution >= 4 is 93.5 Å². The Morgan fingerprint density at radius 1 is 0.623 bits per heavy atom. The van der Waals surface area contributed by atoms with E-state index < -0.39 is 53.4 Å². The molecule has 0 aliphatic heterocycles. The minimum atomic E-state index is -5.00. The van der Waals surface area contributed by atoms with E-state index >= 15 is 0 Å². The largest absolute Gasteiger partial charge is 0.505 e. The first-order chi connectivity index (χ1) is 25.0. The average molecular weight is 757 g/mol. The molecule has 6 rings (SSSR count). The van der Waals surface area contributed by atoms with E-state index in [0.29, 0.717) is 11.4 Å². The fraction of sp³-hybridized carbons (Fsp3) is 0. The number of carbonyl (C=O) groups is 2. The van der Waals surface area contributed by atoms with Crippen LogP contribution in [-0.2, 0) is 20.2 Å². The molecule has 6 aromatic carbocycles. The second kappa shape index (κ2) is 13.7. The molecule has 19 heteroatoms. The van der Waals surface area contributed by atoms with Crippen molar-refractivity contribution in [3.8, 4) is 5.75 Å². The molecule has 0 aliphatic rings.